The summed E-state index contributed by atoms with van der Waals surface area (Å²) in [5.41, 5.74) is 1.74. The Labute approximate surface area is 128 Å². The second-order valence-electron chi connectivity index (χ2n) is 5.76. The Hall–Kier alpha value is -1.07. The predicted octanol–water partition coefficient (Wildman–Crippen LogP) is 3.27. The van der Waals surface area contributed by atoms with Crippen molar-refractivity contribution >= 4 is 10.0 Å². The Morgan fingerprint density at radius 1 is 1.24 bits per heavy atom. The van der Waals surface area contributed by atoms with Gasteiger partial charge in [-0.2, -0.15) is 4.31 Å². The van der Waals surface area contributed by atoms with Crippen LogP contribution < -0.4 is 4.74 Å². The predicted molar refractivity (Wildman–Crippen MR) is 84.3 cm³/mol. The lowest BCUT2D eigenvalue weighted by Gasteiger charge is -2.34. The van der Waals surface area contributed by atoms with Crippen LogP contribution in [0.5, 0.6) is 5.75 Å². The van der Waals surface area contributed by atoms with E-state index in [1.165, 1.54) is 0 Å². The van der Waals surface area contributed by atoms with E-state index >= 15 is 0 Å². The molecule has 5 heteroatoms. The molecule has 0 amide bonds. The van der Waals surface area contributed by atoms with Gasteiger partial charge in [-0.1, -0.05) is 19.4 Å². The van der Waals surface area contributed by atoms with E-state index in [9.17, 15) is 8.42 Å². The third-order valence-electron chi connectivity index (χ3n) is 4.32. The van der Waals surface area contributed by atoms with E-state index in [1.807, 2.05) is 19.9 Å². The van der Waals surface area contributed by atoms with Crippen molar-refractivity contribution < 1.29 is 13.2 Å². The van der Waals surface area contributed by atoms with Crippen LogP contribution in [0, 0.1) is 13.8 Å². The summed E-state index contributed by atoms with van der Waals surface area (Å²) in [7, 11) is -1.88. The number of piperidine rings is 1. The number of hydrogen-bond acceptors (Lipinski definition) is 3. The maximum Gasteiger partial charge on any atom is 0.243 e. The number of rotatable bonds is 4. The molecule has 4 nitrogen and oxygen atoms in total. The van der Waals surface area contributed by atoms with Crippen molar-refractivity contribution in [2.45, 2.75) is 57.4 Å². The first-order valence-corrected chi connectivity index (χ1v) is 9.03. The first-order valence-electron chi connectivity index (χ1n) is 7.59. The van der Waals surface area contributed by atoms with Gasteiger partial charge >= 0.3 is 0 Å². The maximum atomic E-state index is 13.0. The number of hydrogen-bond donors (Lipinski definition) is 0. The van der Waals surface area contributed by atoms with Crippen molar-refractivity contribution in [3.63, 3.8) is 0 Å². The summed E-state index contributed by atoms with van der Waals surface area (Å²) >= 11 is 0. The Bertz CT molecular complexity index is 610. The lowest BCUT2D eigenvalue weighted by Crippen LogP contribution is -2.43. The largest absolute Gasteiger partial charge is 0.496 e. The fraction of sp³-hybridized carbons (Fsp3) is 0.625. The van der Waals surface area contributed by atoms with Gasteiger partial charge in [0.05, 0.1) is 12.0 Å². The summed E-state index contributed by atoms with van der Waals surface area (Å²) in [6.07, 6.45) is 3.87. The molecular formula is C16H25NO3S. The zero-order valence-corrected chi connectivity index (χ0v) is 14.2. The van der Waals surface area contributed by atoms with Gasteiger partial charge in [-0.25, -0.2) is 8.42 Å². The molecule has 1 aromatic rings. The fourth-order valence-electron chi connectivity index (χ4n) is 3.14. The van der Waals surface area contributed by atoms with Crippen molar-refractivity contribution in [3.05, 3.63) is 23.3 Å². The first-order chi connectivity index (χ1) is 9.91. The minimum absolute atomic E-state index is 0.121. The van der Waals surface area contributed by atoms with Gasteiger partial charge in [-0.3, -0.25) is 0 Å². The van der Waals surface area contributed by atoms with Crippen LogP contribution in [0.3, 0.4) is 0 Å². The van der Waals surface area contributed by atoms with Gasteiger partial charge in [0.1, 0.15) is 5.75 Å². The highest BCUT2D eigenvalue weighted by molar-refractivity contribution is 7.89. The highest BCUT2D eigenvalue weighted by Gasteiger charge is 2.33. The van der Waals surface area contributed by atoms with E-state index in [4.69, 9.17) is 4.74 Å². The Morgan fingerprint density at radius 2 is 1.95 bits per heavy atom. The fourth-order valence-corrected chi connectivity index (χ4v) is 5.13. The van der Waals surface area contributed by atoms with Gasteiger partial charge < -0.3 is 4.74 Å². The molecule has 0 spiro atoms. The standard InChI is InChI=1S/C16H25NO3S/c1-5-14-8-6-7-9-17(14)21(18,19)16-11-15(20-4)12(2)10-13(16)3/h10-11,14H,5-9H2,1-4H3. The average molecular weight is 311 g/mol. The van der Waals surface area contributed by atoms with E-state index in [-0.39, 0.29) is 6.04 Å². The van der Waals surface area contributed by atoms with Crippen molar-refractivity contribution in [3.8, 4) is 5.75 Å². The summed E-state index contributed by atoms with van der Waals surface area (Å²) in [5.74, 6) is 0.629. The maximum absolute atomic E-state index is 13.0. The molecule has 1 saturated heterocycles. The first kappa shape index (κ1) is 16.3. The lowest BCUT2D eigenvalue weighted by molar-refractivity contribution is 0.246. The van der Waals surface area contributed by atoms with Crippen LogP contribution in [0.1, 0.15) is 43.7 Å². The molecule has 1 atom stereocenters. The molecular weight excluding hydrogens is 286 g/mol. The van der Waals surface area contributed by atoms with Gasteiger partial charge in [0.25, 0.3) is 0 Å². The van der Waals surface area contributed by atoms with E-state index < -0.39 is 10.0 Å². The zero-order valence-electron chi connectivity index (χ0n) is 13.3. The molecule has 0 radical (unpaired) electrons. The Kier molecular flexibility index (Phi) is 4.94. The number of benzene rings is 1. The number of methoxy groups -OCH3 is 1. The van der Waals surface area contributed by atoms with Gasteiger partial charge in [0.15, 0.2) is 0 Å². The summed E-state index contributed by atoms with van der Waals surface area (Å²) in [6.45, 7) is 6.46. The molecule has 0 bridgehead atoms. The molecule has 118 valence electrons. The normalized spacial score (nSPS) is 20.5. The monoisotopic (exact) mass is 311 g/mol. The summed E-state index contributed by atoms with van der Waals surface area (Å²) in [6, 6.07) is 3.67. The summed E-state index contributed by atoms with van der Waals surface area (Å²) < 4.78 is 33.0. The van der Waals surface area contributed by atoms with Gasteiger partial charge in [0.2, 0.25) is 10.0 Å². The van der Waals surface area contributed by atoms with Gasteiger partial charge in [-0.05, 0) is 44.2 Å². The van der Waals surface area contributed by atoms with Gasteiger partial charge in [0, 0.05) is 18.7 Å². The van der Waals surface area contributed by atoms with Crippen molar-refractivity contribution in [1.29, 1.82) is 0 Å². The van der Waals surface area contributed by atoms with Crippen molar-refractivity contribution in [1.82, 2.24) is 4.31 Å². The van der Waals surface area contributed by atoms with E-state index in [0.29, 0.717) is 17.2 Å². The number of sulfonamides is 1. The van der Waals surface area contributed by atoms with Crippen LogP contribution in [0.25, 0.3) is 0 Å². The smallest absolute Gasteiger partial charge is 0.243 e. The molecule has 1 aliphatic rings. The van der Waals surface area contributed by atoms with Crippen LogP contribution in [-0.4, -0.2) is 32.4 Å². The van der Waals surface area contributed by atoms with E-state index in [1.54, 1.807) is 17.5 Å². The quantitative estimate of drug-likeness (QED) is 0.857. The highest BCUT2D eigenvalue weighted by Crippen LogP contribution is 2.32. The molecule has 1 aromatic carbocycles. The van der Waals surface area contributed by atoms with E-state index in [0.717, 1.165) is 36.8 Å². The van der Waals surface area contributed by atoms with Crippen LogP contribution in [0.4, 0.5) is 0 Å². The molecule has 21 heavy (non-hydrogen) atoms. The Balaban J connectivity index is 2.48. The molecule has 0 N–H and O–H groups in total. The molecule has 1 fully saturated rings. The number of ether oxygens (including phenoxy) is 1. The third-order valence-corrected chi connectivity index (χ3v) is 6.42. The Morgan fingerprint density at radius 3 is 2.57 bits per heavy atom. The van der Waals surface area contributed by atoms with Crippen LogP contribution in [0.2, 0.25) is 0 Å². The molecule has 2 rings (SSSR count). The van der Waals surface area contributed by atoms with Crippen LogP contribution in [0.15, 0.2) is 17.0 Å². The number of nitrogens with zero attached hydrogens (tertiary/aromatic N) is 1. The molecule has 0 aromatic heterocycles. The number of aryl methyl sites for hydroxylation is 2. The van der Waals surface area contributed by atoms with Crippen LogP contribution in [-0.2, 0) is 10.0 Å². The summed E-state index contributed by atoms with van der Waals surface area (Å²) in [5, 5.41) is 0. The van der Waals surface area contributed by atoms with E-state index in [2.05, 4.69) is 6.92 Å². The molecule has 1 unspecified atom stereocenters. The molecule has 0 aliphatic carbocycles. The lowest BCUT2D eigenvalue weighted by atomic mass is 10.0. The second-order valence-corrected chi connectivity index (χ2v) is 7.62. The second kappa shape index (κ2) is 6.36. The van der Waals surface area contributed by atoms with Gasteiger partial charge in [-0.15, -0.1) is 0 Å². The van der Waals surface area contributed by atoms with Crippen molar-refractivity contribution in [2.24, 2.45) is 0 Å². The highest BCUT2D eigenvalue weighted by atomic mass is 32.2. The zero-order chi connectivity index (χ0) is 15.6. The summed E-state index contributed by atoms with van der Waals surface area (Å²) in [4.78, 5) is 0.380. The minimum atomic E-state index is -3.45. The molecule has 0 saturated carbocycles. The topological polar surface area (TPSA) is 46.6 Å². The molecule has 1 heterocycles. The minimum Gasteiger partial charge on any atom is -0.496 e. The third kappa shape index (κ3) is 3.09. The average Bonchev–Trinajstić information content (AvgIpc) is 2.47. The molecule has 1 aliphatic heterocycles. The van der Waals surface area contributed by atoms with Crippen LogP contribution >= 0.6 is 0 Å². The van der Waals surface area contributed by atoms with Crippen molar-refractivity contribution in [2.75, 3.05) is 13.7 Å². The SMILES string of the molecule is CCC1CCCCN1S(=O)(=O)c1cc(OC)c(C)cc1C.